The molecule has 0 unspecified atom stereocenters. The van der Waals surface area contributed by atoms with Crippen LogP contribution >= 0.6 is 23.2 Å². The van der Waals surface area contributed by atoms with Crippen molar-refractivity contribution >= 4 is 40.9 Å². The zero-order valence-corrected chi connectivity index (χ0v) is 26.4. The van der Waals surface area contributed by atoms with E-state index in [0.717, 1.165) is 21.8 Å². The van der Waals surface area contributed by atoms with E-state index in [1.807, 2.05) is 0 Å². The van der Waals surface area contributed by atoms with Crippen molar-refractivity contribution in [3.05, 3.63) is 51.0 Å². The van der Waals surface area contributed by atoms with Crippen LogP contribution in [0.15, 0.2) is 18.3 Å². The maximum atomic E-state index is 14.7. The Kier molecular flexibility index (Phi) is 8.87. The van der Waals surface area contributed by atoms with E-state index in [1.54, 1.807) is 13.8 Å². The second-order valence-electron chi connectivity index (χ2n) is 12.9. The highest BCUT2D eigenvalue weighted by Crippen LogP contribution is 2.67. The van der Waals surface area contributed by atoms with Crippen LogP contribution in [0.5, 0.6) is 0 Å². The van der Waals surface area contributed by atoms with Crippen LogP contribution in [-0.2, 0) is 15.7 Å². The highest BCUT2D eigenvalue weighted by Gasteiger charge is 2.63. The van der Waals surface area contributed by atoms with Gasteiger partial charge < -0.3 is 9.64 Å². The number of halogens is 6. The molecule has 3 aliphatic rings. The number of rotatable bonds is 8. The fraction of sp³-hybridized carbons (Fsp3) is 0.613. The number of hydrogen-bond acceptors (Lipinski definition) is 5. The number of aromatic nitrogens is 2. The molecular formula is C31H35Cl2F4N3O4. The average molecular weight is 661 g/mol. The van der Waals surface area contributed by atoms with E-state index in [0.29, 0.717) is 19.3 Å². The van der Waals surface area contributed by atoms with E-state index in [2.05, 4.69) is 18.9 Å². The smallest absolute Gasteiger partial charge is 0.433 e. The van der Waals surface area contributed by atoms with Gasteiger partial charge in [0.2, 0.25) is 0 Å². The minimum Gasteiger partial charge on any atom is -0.466 e. The molecular weight excluding hydrogens is 625 g/mol. The van der Waals surface area contributed by atoms with Gasteiger partial charge in [-0.1, -0.05) is 44.0 Å². The van der Waals surface area contributed by atoms with Crippen LogP contribution in [0, 0.1) is 34.9 Å². The number of ether oxygens (including phenoxy) is 1. The van der Waals surface area contributed by atoms with Crippen LogP contribution in [0.3, 0.4) is 0 Å². The van der Waals surface area contributed by atoms with E-state index < -0.39 is 64.5 Å². The maximum Gasteiger partial charge on any atom is 0.433 e. The number of carbonyl (C=O) groups is 3. The Labute approximate surface area is 263 Å². The third kappa shape index (κ3) is 5.86. The predicted molar refractivity (Wildman–Crippen MR) is 155 cm³/mol. The molecule has 5 rings (SSSR count). The molecule has 3 saturated carbocycles. The highest BCUT2D eigenvalue weighted by molar-refractivity contribution is 6.40. The van der Waals surface area contributed by atoms with Crippen LogP contribution in [0.1, 0.15) is 92.3 Å². The van der Waals surface area contributed by atoms with Crippen molar-refractivity contribution in [1.82, 2.24) is 14.7 Å². The molecule has 1 heterocycles. The number of ketones is 1. The first kappa shape index (κ1) is 32.7. The number of Topliss-reactive ketones (excluding diaryl/α,β-unsaturated/α-hetero) is 1. The number of hydrogen-bond donors (Lipinski definition) is 0. The number of carbonyl (C=O) groups excluding carboxylic acids is 3. The van der Waals surface area contributed by atoms with Gasteiger partial charge in [0.25, 0.3) is 5.91 Å². The van der Waals surface area contributed by atoms with Crippen molar-refractivity contribution in [2.45, 2.75) is 78.1 Å². The molecule has 0 saturated heterocycles. The average Bonchev–Trinajstić information content (AvgIpc) is 3.37. The Bertz CT molecular complexity index is 1460. The lowest BCUT2D eigenvalue weighted by Gasteiger charge is -2.34. The second kappa shape index (κ2) is 11.9. The van der Waals surface area contributed by atoms with Gasteiger partial charge >= 0.3 is 12.1 Å². The molecule has 1 aromatic carbocycles. The van der Waals surface area contributed by atoms with Crippen LogP contribution in [0.25, 0.3) is 0 Å². The Balaban J connectivity index is 1.47. The van der Waals surface area contributed by atoms with Gasteiger partial charge in [-0.3, -0.25) is 19.1 Å². The van der Waals surface area contributed by atoms with Gasteiger partial charge in [0.1, 0.15) is 5.82 Å². The lowest BCUT2D eigenvalue weighted by Crippen LogP contribution is -2.44. The molecule has 240 valence electrons. The van der Waals surface area contributed by atoms with Crippen LogP contribution < -0.4 is 0 Å². The number of benzene rings is 1. The van der Waals surface area contributed by atoms with Crippen molar-refractivity contribution in [2.24, 2.45) is 29.1 Å². The summed E-state index contributed by atoms with van der Waals surface area (Å²) in [6, 6.07) is 0.958. The summed E-state index contributed by atoms with van der Waals surface area (Å²) in [7, 11) is 0. The molecule has 0 spiro atoms. The topological polar surface area (TPSA) is 81.5 Å². The zero-order valence-electron chi connectivity index (χ0n) is 24.9. The molecule has 0 aliphatic heterocycles. The monoisotopic (exact) mass is 659 g/mol. The SMILES string of the molecule is CCOC(=O)[C@H]1CC[C@H](n2ncc(C(=O)N(CC(=O)c3c(Cl)ccc(F)c3Cl)[C@H]3C[C@@H]4[C@H](C3)C4(C)C)c2C(F)(F)F)C[C@H]1C. The van der Waals surface area contributed by atoms with E-state index >= 15 is 0 Å². The third-order valence-electron chi connectivity index (χ3n) is 10.0. The Hall–Kier alpha value is -2.66. The molecule has 3 aliphatic carbocycles. The first-order valence-electron chi connectivity index (χ1n) is 14.9. The number of nitrogens with zero attached hydrogens (tertiary/aromatic N) is 3. The first-order chi connectivity index (χ1) is 20.6. The molecule has 2 aromatic rings. The number of alkyl halides is 3. The van der Waals surface area contributed by atoms with E-state index in [9.17, 15) is 31.9 Å². The van der Waals surface area contributed by atoms with Crippen LogP contribution in [-0.4, -0.2) is 51.5 Å². The minimum absolute atomic E-state index is 0.0471. The van der Waals surface area contributed by atoms with Crippen LogP contribution in [0.2, 0.25) is 10.0 Å². The second-order valence-corrected chi connectivity index (χ2v) is 13.7. The summed E-state index contributed by atoms with van der Waals surface area (Å²) in [4.78, 5) is 41.0. The summed E-state index contributed by atoms with van der Waals surface area (Å²) in [5.74, 6) is -3.19. The fourth-order valence-electron chi connectivity index (χ4n) is 7.54. The van der Waals surface area contributed by atoms with Gasteiger partial charge in [0, 0.05) is 6.04 Å². The van der Waals surface area contributed by atoms with Gasteiger partial charge in [-0.05, 0) is 74.3 Å². The van der Waals surface area contributed by atoms with Gasteiger partial charge in [0.05, 0.1) is 52.5 Å². The Morgan fingerprint density at radius 2 is 1.77 bits per heavy atom. The normalized spacial score (nSPS) is 27.5. The fourth-order valence-corrected chi connectivity index (χ4v) is 8.12. The number of esters is 1. The van der Waals surface area contributed by atoms with Gasteiger partial charge in [-0.2, -0.15) is 18.3 Å². The lowest BCUT2D eigenvalue weighted by molar-refractivity contribution is -0.153. The summed E-state index contributed by atoms with van der Waals surface area (Å²) in [5.41, 5.74) is -2.14. The molecule has 1 amide bonds. The molecule has 0 bridgehead atoms. The maximum absolute atomic E-state index is 14.7. The highest BCUT2D eigenvalue weighted by atomic mass is 35.5. The quantitative estimate of drug-likeness (QED) is 0.126. The van der Waals surface area contributed by atoms with Crippen molar-refractivity contribution in [3.63, 3.8) is 0 Å². The van der Waals surface area contributed by atoms with Crippen LogP contribution in [0.4, 0.5) is 17.6 Å². The standard InChI is InChI=1S/C31H35Cl2F4N3O4/c1-5-44-29(43)18-7-6-16(10-15(18)2)40-27(31(35,36)37)19(13-38-40)28(42)39(17-11-20-21(12-17)30(20,3)4)14-24(41)25-22(32)8-9-23(34)26(25)33/h8-9,13,15-18,20-21H,5-7,10-12,14H2,1-4H3/t15-,16+,17-,18+,20+,21-/m1/s1. The molecule has 7 nitrogen and oxygen atoms in total. The van der Waals surface area contributed by atoms with Gasteiger partial charge in [-0.25, -0.2) is 4.39 Å². The van der Waals surface area contributed by atoms with E-state index in [-0.39, 0.29) is 59.2 Å². The lowest BCUT2D eigenvalue weighted by atomic mass is 9.78. The molecule has 13 heteroatoms. The summed E-state index contributed by atoms with van der Waals surface area (Å²) in [6.45, 7) is 7.28. The molecule has 3 fully saturated rings. The number of fused-ring (bicyclic) bond motifs is 1. The predicted octanol–water partition coefficient (Wildman–Crippen LogP) is 7.65. The summed E-state index contributed by atoms with van der Waals surface area (Å²) in [6.07, 6.45) is -2.19. The van der Waals surface area contributed by atoms with E-state index in [1.165, 1.54) is 6.07 Å². The molecule has 6 atom stereocenters. The Morgan fingerprint density at radius 1 is 1.11 bits per heavy atom. The van der Waals surface area contributed by atoms with Crippen molar-refractivity contribution < 1.29 is 36.7 Å². The third-order valence-corrected chi connectivity index (χ3v) is 10.7. The summed E-state index contributed by atoms with van der Waals surface area (Å²) in [5, 5.41) is 3.42. The largest absolute Gasteiger partial charge is 0.466 e. The Morgan fingerprint density at radius 3 is 2.36 bits per heavy atom. The molecule has 0 N–H and O–H groups in total. The molecule has 1 aromatic heterocycles. The minimum atomic E-state index is -4.94. The number of amides is 1. The summed E-state index contributed by atoms with van der Waals surface area (Å²) < 4.78 is 64.3. The first-order valence-corrected chi connectivity index (χ1v) is 15.6. The van der Waals surface area contributed by atoms with Gasteiger partial charge in [0.15, 0.2) is 11.5 Å². The summed E-state index contributed by atoms with van der Waals surface area (Å²) >= 11 is 12.2. The van der Waals surface area contributed by atoms with Crippen molar-refractivity contribution in [3.8, 4) is 0 Å². The van der Waals surface area contributed by atoms with Crippen molar-refractivity contribution in [2.75, 3.05) is 13.2 Å². The van der Waals surface area contributed by atoms with Crippen molar-refractivity contribution in [1.29, 1.82) is 0 Å². The zero-order chi connectivity index (χ0) is 32.3. The molecule has 0 radical (unpaired) electrons. The van der Waals surface area contributed by atoms with E-state index in [4.69, 9.17) is 27.9 Å². The van der Waals surface area contributed by atoms with Gasteiger partial charge in [-0.15, -0.1) is 0 Å². The molecule has 44 heavy (non-hydrogen) atoms.